The predicted octanol–water partition coefficient (Wildman–Crippen LogP) is 1.90. The molecule has 0 aliphatic carbocycles. The minimum atomic E-state index is -0.505. The molecule has 0 saturated carbocycles. The molecule has 1 amide bonds. The molecule has 1 N–H and O–H groups in total. The summed E-state index contributed by atoms with van der Waals surface area (Å²) < 4.78 is 7.02. The van der Waals surface area contributed by atoms with E-state index in [0.29, 0.717) is 44.2 Å². The van der Waals surface area contributed by atoms with E-state index in [1.54, 1.807) is 23.1 Å². The lowest BCUT2D eigenvalue weighted by molar-refractivity contribution is -0.384. The van der Waals surface area contributed by atoms with Gasteiger partial charge in [-0.2, -0.15) is 5.10 Å². The monoisotopic (exact) mass is 345 g/mol. The van der Waals surface area contributed by atoms with Crippen LogP contribution in [0.25, 0.3) is 0 Å². The fourth-order valence-electron chi connectivity index (χ4n) is 2.70. The number of aryl methyl sites for hydroxylation is 1. The van der Waals surface area contributed by atoms with Crippen LogP contribution in [0.3, 0.4) is 0 Å². The molecule has 1 aromatic heterocycles. The maximum Gasteiger partial charge on any atom is 0.270 e. The van der Waals surface area contributed by atoms with Gasteiger partial charge in [-0.1, -0.05) is 0 Å². The quantitative estimate of drug-likeness (QED) is 0.656. The van der Waals surface area contributed by atoms with Crippen LogP contribution in [0.2, 0.25) is 0 Å². The van der Waals surface area contributed by atoms with Crippen LogP contribution < -0.4 is 10.2 Å². The highest BCUT2D eigenvalue weighted by atomic mass is 16.6. The predicted molar refractivity (Wildman–Crippen MR) is 92.0 cm³/mol. The molecule has 1 aliphatic heterocycles. The fourth-order valence-corrected chi connectivity index (χ4v) is 2.70. The van der Waals surface area contributed by atoms with Crippen molar-refractivity contribution in [1.29, 1.82) is 0 Å². The molecule has 9 nitrogen and oxygen atoms in total. The molecule has 1 saturated heterocycles. The number of nitro benzene ring substituents is 1. The molecule has 0 spiro atoms. The van der Waals surface area contributed by atoms with E-state index < -0.39 is 10.8 Å². The van der Waals surface area contributed by atoms with E-state index in [9.17, 15) is 14.9 Å². The molecule has 1 aliphatic rings. The molecule has 0 bridgehead atoms. The molecule has 3 rings (SSSR count). The lowest BCUT2D eigenvalue weighted by atomic mass is 10.1. The molecule has 0 atom stereocenters. The molecule has 2 aromatic rings. The molecule has 1 aromatic carbocycles. The van der Waals surface area contributed by atoms with Crippen molar-refractivity contribution in [1.82, 2.24) is 9.78 Å². The Balaban J connectivity index is 1.91. The second kappa shape index (κ2) is 7.31. The van der Waals surface area contributed by atoms with Crippen molar-refractivity contribution in [3.63, 3.8) is 0 Å². The van der Waals surface area contributed by atoms with Crippen molar-refractivity contribution in [2.45, 2.75) is 13.5 Å². The highest BCUT2D eigenvalue weighted by Crippen LogP contribution is 2.27. The van der Waals surface area contributed by atoms with Crippen LogP contribution in [0.4, 0.5) is 17.1 Å². The van der Waals surface area contributed by atoms with Gasteiger partial charge in [0.05, 0.1) is 41.3 Å². The number of nitrogens with zero attached hydrogens (tertiary/aromatic N) is 4. The van der Waals surface area contributed by atoms with Crippen molar-refractivity contribution in [2.75, 3.05) is 36.5 Å². The van der Waals surface area contributed by atoms with Crippen LogP contribution in [0.5, 0.6) is 0 Å². The van der Waals surface area contributed by atoms with E-state index in [4.69, 9.17) is 4.74 Å². The molecule has 0 unspecified atom stereocenters. The van der Waals surface area contributed by atoms with Gasteiger partial charge in [0.25, 0.3) is 11.6 Å². The fraction of sp³-hybridized carbons (Fsp3) is 0.375. The Morgan fingerprint density at radius 2 is 2.16 bits per heavy atom. The summed E-state index contributed by atoms with van der Waals surface area (Å²) in [4.78, 5) is 25.3. The number of rotatable bonds is 5. The van der Waals surface area contributed by atoms with Crippen LogP contribution >= 0.6 is 0 Å². The maximum absolute atomic E-state index is 12.7. The second-order valence-corrected chi connectivity index (χ2v) is 5.60. The minimum Gasteiger partial charge on any atom is -0.378 e. The minimum absolute atomic E-state index is 0.119. The number of amides is 1. The number of non-ortho nitro benzene ring substituents is 1. The first-order valence-electron chi connectivity index (χ1n) is 8.03. The average molecular weight is 345 g/mol. The van der Waals surface area contributed by atoms with Crippen molar-refractivity contribution in [2.24, 2.45) is 0 Å². The van der Waals surface area contributed by atoms with Gasteiger partial charge in [-0.3, -0.25) is 19.6 Å². The summed E-state index contributed by atoms with van der Waals surface area (Å²) in [5.41, 5.74) is 1.35. The summed E-state index contributed by atoms with van der Waals surface area (Å²) in [5.74, 6) is -0.402. The Bertz CT molecular complexity index is 783. The molecular weight excluding hydrogens is 326 g/mol. The van der Waals surface area contributed by atoms with E-state index in [1.165, 1.54) is 12.1 Å². The molecule has 0 radical (unpaired) electrons. The third-order valence-electron chi connectivity index (χ3n) is 4.00. The smallest absolute Gasteiger partial charge is 0.270 e. The van der Waals surface area contributed by atoms with Crippen LogP contribution in [-0.2, 0) is 11.3 Å². The number of anilines is 2. The first kappa shape index (κ1) is 16.9. The Labute approximate surface area is 144 Å². The van der Waals surface area contributed by atoms with E-state index >= 15 is 0 Å². The first-order chi connectivity index (χ1) is 12.1. The number of nitro groups is 1. The third-order valence-corrected chi connectivity index (χ3v) is 4.00. The largest absolute Gasteiger partial charge is 0.378 e. The number of carbonyl (C=O) groups excluding carboxylic acids is 1. The van der Waals surface area contributed by atoms with Gasteiger partial charge in [-0.15, -0.1) is 0 Å². The molecule has 2 heterocycles. The van der Waals surface area contributed by atoms with E-state index in [0.717, 1.165) is 0 Å². The Morgan fingerprint density at radius 3 is 2.80 bits per heavy atom. The van der Waals surface area contributed by atoms with Gasteiger partial charge in [0.1, 0.15) is 0 Å². The maximum atomic E-state index is 12.7. The van der Waals surface area contributed by atoms with Gasteiger partial charge in [0.2, 0.25) is 0 Å². The zero-order chi connectivity index (χ0) is 17.8. The van der Waals surface area contributed by atoms with Gasteiger partial charge >= 0.3 is 0 Å². The van der Waals surface area contributed by atoms with Crippen molar-refractivity contribution >= 4 is 23.0 Å². The van der Waals surface area contributed by atoms with Crippen LogP contribution in [0, 0.1) is 10.1 Å². The summed E-state index contributed by atoms with van der Waals surface area (Å²) in [7, 11) is 0. The lowest BCUT2D eigenvalue weighted by Gasteiger charge is -2.30. The zero-order valence-electron chi connectivity index (χ0n) is 13.8. The first-order valence-corrected chi connectivity index (χ1v) is 8.03. The summed E-state index contributed by atoms with van der Waals surface area (Å²) in [6.45, 7) is 5.00. The molecule has 132 valence electrons. The van der Waals surface area contributed by atoms with Crippen LogP contribution in [0.15, 0.2) is 30.6 Å². The highest BCUT2D eigenvalue weighted by Gasteiger charge is 2.22. The van der Waals surface area contributed by atoms with Crippen LogP contribution in [0.1, 0.15) is 17.3 Å². The number of benzene rings is 1. The van der Waals surface area contributed by atoms with Crippen molar-refractivity contribution in [3.8, 4) is 0 Å². The Hall–Kier alpha value is -2.94. The molecule has 9 heteroatoms. The van der Waals surface area contributed by atoms with Crippen molar-refractivity contribution in [3.05, 3.63) is 46.3 Å². The zero-order valence-corrected chi connectivity index (χ0v) is 13.8. The van der Waals surface area contributed by atoms with Gasteiger partial charge in [0, 0.05) is 38.0 Å². The summed E-state index contributed by atoms with van der Waals surface area (Å²) >= 11 is 0. The van der Waals surface area contributed by atoms with E-state index in [2.05, 4.69) is 10.4 Å². The number of morpholine rings is 1. The second-order valence-electron chi connectivity index (χ2n) is 5.60. The summed E-state index contributed by atoms with van der Waals surface area (Å²) in [6, 6.07) is 4.34. The number of hydrogen-bond donors (Lipinski definition) is 1. The summed E-state index contributed by atoms with van der Waals surface area (Å²) in [6.07, 6.45) is 3.26. The molecular formula is C16H19N5O4. The summed E-state index contributed by atoms with van der Waals surface area (Å²) in [5, 5.41) is 18.0. The van der Waals surface area contributed by atoms with Crippen molar-refractivity contribution < 1.29 is 14.5 Å². The number of carbonyl (C=O) groups is 1. The van der Waals surface area contributed by atoms with Gasteiger partial charge in [-0.25, -0.2) is 0 Å². The Kier molecular flexibility index (Phi) is 4.94. The lowest BCUT2D eigenvalue weighted by Crippen LogP contribution is -2.37. The third kappa shape index (κ3) is 3.77. The van der Waals surface area contributed by atoms with Gasteiger partial charge in [0.15, 0.2) is 0 Å². The van der Waals surface area contributed by atoms with E-state index in [1.807, 2.05) is 11.8 Å². The number of ether oxygens (including phenoxy) is 1. The molecule has 1 fully saturated rings. The van der Waals surface area contributed by atoms with E-state index in [-0.39, 0.29) is 11.3 Å². The van der Waals surface area contributed by atoms with Gasteiger partial charge < -0.3 is 15.0 Å². The van der Waals surface area contributed by atoms with Gasteiger partial charge in [-0.05, 0) is 13.0 Å². The SMILES string of the molecule is CCn1cc(NC(=O)c2cc([N+](=O)[O-])ccc2N2CCOCC2)cn1. The average Bonchev–Trinajstić information content (AvgIpc) is 3.09. The number of hydrogen-bond acceptors (Lipinski definition) is 6. The number of nitrogens with one attached hydrogen (secondary N) is 1. The van der Waals surface area contributed by atoms with Crippen LogP contribution in [-0.4, -0.2) is 46.9 Å². The number of aromatic nitrogens is 2. The molecule has 25 heavy (non-hydrogen) atoms. The Morgan fingerprint density at radius 1 is 1.40 bits per heavy atom. The normalized spacial score (nSPS) is 14.4. The highest BCUT2D eigenvalue weighted by molar-refractivity contribution is 6.08. The standard InChI is InChI=1S/C16H19N5O4/c1-2-20-11-12(10-17-20)18-16(22)14-9-13(21(23)24)3-4-15(14)19-5-7-25-8-6-19/h3-4,9-11H,2,5-8H2,1H3,(H,18,22). The topological polar surface area (TPSA) is 103 Å².